The average molecular weight is 783 g/mol. The van der Waals surface area contributed by atoms with Gasteiger partial charge in [0.2, 0.25) is 0 Å². The molecule has 3 N–H and O–H groups in total. The standard InChI is InChI=1S/C44H79O9P/c1-4-6-34-41(45)35-30-26-22-18-14-11-12-15-19-23-27-31-36-43(46)51-38-42(39-52-54(48,49)50)53-44(47)37-32-28-24-20-16-10-8-7-9-13-17-21-25-29-33-40(3)5-2/h11-12,18-19,22-23,30,35,40-42,45H,4-10,13-17,20-21,24-29,31-34,36-39H2,1-3H3,(H2,48,49,50)/b12-11-,22-18-,23-19-,35-30-/t40?,41-,42+/m0/s1. The van der Waals surface area contributed by atoms with E-state index in [9.17, 15) is 19.3 Å². The molecule has 0 rings (SSSR count). The molecule has 0 radical (unpaired) electrons. The van der Waals surface area contributed by atoms with Crippen LogP contribution in [0.4, 0.5) is 0 Å². The van der Waals surface area contributed by atoms with Crippen LogP contribution in [0.5, 0.6) is 0 Å². The molecule has 1 unspecified atom stereocenters. The normalized spacial score (nSPS) is 14.1. The Balaban J connectivity index is 4.02. The smallest absolute Gasteiger partial charge is 0.462 e. The first kappa shape index (κ1) is 52.0. The lowest BCUT2D eigenvalue weighted by molar-refractivity contribution is -0.161. The predicted octanol–water partition coefficient (Wildman–Crippen LogP) is 12.0. The van der Waals surface area contributed by atoms with Crippen molar-refractivity contribution >= 4 is 19.8 Å². The Labute approximate surface area is 329 Å². The van der Waals surface area contributed by atoms with Gasteiger partial charge in [0.1, 0.15) is 6.61 Å². The monoisotopic (exact) mass is 783 g/mol. The van der Waals surface area contributed by atoms with Gasteiger partial charge in [-0.15, -0.1) is 0 Å². The Morgan fingerprint density at radius 1 is 0.611 bits per heavy atom. The molecular formula is C44H79O9P. The summed E-state index contributed by atoms with van der Waals surface area (Å²) in [6, 6.07) is 0. The van der Waals surface area contributed by atoms with E-state index in [0.29, 0.717) is 19.3 Å². The van der Waals surface area contributed by atoms with Gasteiger partial charge in [-0.2, -0.15) is 0 Å². The summed E-state index contributed by atoms with van der Waals surface area (Å²) in [6.07, 6.45) is 41.7. The van der Waals surface area contributed by atoms with Crippen molar-refractivity contribution in [3.63, 3.8) is 0 Å². The van der Waals surface area contributed by atoms with Crippen LogP contribution in [0.1, 0.15) is 188 Å². The number of ether oxygens (including phenoxy) is 2. The minimum atomic E-state index is -4.78. The van der Waals surface area contributed by atoms with Crippen LogP contribution >= 0.6 is 7.82 Å². The topological polar surface area (TPSA) is 140 Å². The minimum Gasteiger partial charge on any atom is -0.462 e. The van der Waals surface area contributed by atoms with Crippen LogP contribution in [-0.2, 0) is 28.2 Å². The van der Waals surface area contributed by atoms with Crippen LogP contribution in [0.25, 0.3) is 0 Å². The fourth-order valence-corrected chi connectivity index (χ4v) is 6.19. The lowest BCUT2D eigenvalue weighted by Gasteiger charge is -2.18. The second-order valence-corrected chi connectivity index (χ2v) is 16.0. The summed E-state index contributed by atoms with van der Waals surface area (Å²) in [6.45, 7) is 5.86. The molecule has 54 heavy (non-hydrogen) atoms. The molecule has 10 heteroatoms. The second kappa shape index (κ2) is 37.9. The Morgan fingerprint density at radius 2 is 1.11 bits per heavy atom. The lowest BCUT2D eigenvalue weighted by Crippen LogP contribution is -2.29. The highest BCUT2D eigenvalue weighted by Crippen LogP contribution is 2.36. The maximum Gasteiger partial charge on any atom is 0.469 e. The molecule has 0 fully saturated rings. The molecular weight excluding hydrogens is 703 g/mol. The molecule has 0 aromatic heterocycles. The van der Waals surface area contributed by atoms with Crippen LogP contribution in [-0.4, -0.2) is 52.3 Å². The zero-order chi connectivity index (χ0) is 40.0. The third-order valence-corrected chi connectivity index (χ3v) is 9.95. The van der Waals surface area contributed by atoms with E-state index in [2.05, 4.69) is 49.6 Å². The molecule has 0 aliphatic rings. The summed E-state index contributed by atoms with van der Waals surface area (Å²) < 4.78 is 26.3. The van der Waals surface area contributed by atoms with Crippen molar-refractivity contribution in [2.75, 3.05) is 13.2 Å². The highest BCUT2D eigenvalue weighted by Gasteiger charge is 2.22. The number of phosphoric acid groups is 1. The first-order valence-corrected chi connectivity index (χ1v) is 22.9. The van der Waals surface area contributed by atoms with Crippen molar-refractivity contribution in [1.82, 2.24) is 0 Å². The summed E-state index contributed by atoms with van der Waals surface area (Å²) >= 11 is 0. The number of hydrogen-bond acceptors (Lipinski definition) is 7. The molecule has 0 saturated heterocycles. The van der Waals surface area contributed by atoms with Crippen molar-refractivity contribution in [3.8, 4) is 0 Å². The van der Waals surface area contributed by atoms with Gasteiger partial charge < -0.3 is 24.4 Å². The van der Waals surface area contributed by atoms with Crippen molar-refractivity contribution in [1.29, 1.82) is 0 Å². The van der Waals surface area contributed by atoms with E-state index in [-0.39, 0.29) is 25.6 Å². The molecule has 0 aliphatic carbocycles. The molecule has 0 bridgehead atoms. The van der Waals surface area contributed by atoms with Gasteiger partial charge in [-0.3, -0.25) is 14.1 Å². The maximum atomic E-state index is 12.4. The van der Waals surface area contributed by atoms with E-state index >= 15 is 0 Å². The van der Waals surface area contributed by atoms with Crippen molar-refractivity contribution < 1.29 is 43.0 Å². The van der Waals surface area contributed by atoms with Crippen molar-refractivity contribution in [3.05, 3.63) is 48.6 Å². The van der Waals surface area contributed by atoms with Crippen LogP contribution < -0.4 is 0 Å². The van der Waals surface area contributed by atoms with Crippen LogP contribution in [0.2, 0.25) is 0 Å². The number of phosphoric ester groups is 1. The van der Waals surface area contributed by atoms with Gasteiger partial charge in [-0.05, 0) is 50.9 Å². The Morgan fingerprint density at radius 3 is 1.65 bits per heavy atom. The molecule has 0 heterocycles. The summed E-state index contributed by atoms with van der Waals surface area (Å²) in [5.41, 5.74) is 0. The van der Waals surface area contributed by atoms with E-state index in [1.807, 2.05) is 24.3 Å². The molecule has 0 saturated carbocycles. The number of hydrogen-bond donors (Lipinski definition) is 3. The summed E-state index contributed by atoms with van der Waals surface area (Å²) in [5.74, 6) is -0.0952. The zero-order valence-electron chi connectivity index (χ0n) is 34.4. The number of rotatable bonds is 38. The number of aliphatic hydroxyl groups excluding tert-OH is 1. The number of aliphatic hydroxyl groups is 1. The number of esters is 2. The highest BCUT2D eigenvalue weighted by molar-refractivity contribution is 7.46. The first-order valence-electron chi connectivity index (χ1n) is 21.4. The third kappa shape index (κ3) is 39.7. The van der Waals surface area contributed by atoms with E-state index in [0.717, 1.165) is 63.7 Å². The maximum absolute atomic E-state index is 12.4. The molecule has 0 aromatic rings. The van der Waals surface area contributed by atoms with Gasteiger partial charge in [-0.25, -0.2) is 4.57 Å². The van der Waals surface area contributed by atoms with Gasteiger partial charge in [0.15, 0.2) is 6.10 Å². The zero-order valence-corrected chi connectivity index (χ0v) is 35.3. The second-order valence-electron chi connectivity index (χ2n) is 14.7. The molecule has 0 spiro atoms. The Bertz CT molecular complexity index is 1050. The van der Waals surface area contributed by atoms with Crippen LogP contribution in [0.3, 0.4) is 0 Å². The number of carbonyl (C=O) groups is 2. The molecule has 3 atom stereocenters. The van der Waals surface area contributed by atoms with E-state index < -0.39 is 32.5 Å². The van der Waals surface area contributed by atoms with Gasteiger partial charge in [-0.1, -0.05) is 179 Å². The van der Waals surface area contributed by atoms with Gasteiger partial charge in [0.25, 0.3) is 0 Å². The van der Waals surface area contributed by atoms with E-state index in [4.69, 9.17) is 19.3 Å². The van der Waals surface area contributed by atoms with E-state index in [1.54, 1.807) is 0 Å². The molecule has 0 aromatic carbocycles. The van der Waals surface area contributed by atoms with E-state index in [1.165, 1.54) is 77.0 Å². The fourth-order valence-electron chi connectivity index (χ4n) is 5.83. The largest absolute Gasteiger partial charge is 0.469 e. The molecule has 0 amide bonds. The number of carbonyl (C=O) groups excluding carboxylic acids is 2. The van der Waals surface area contributed by atoms with Crippen molar-refractivity contribution in [2.24, 2.45) is 5.92 Å². The first-order chi connectivity index (χ1) is 26.1. The Kier molecular flexibility index (Phi) is 36.4. The van der Waals surface area contributed by atoms with Gasteiger partial charge >= 0.3 is 19.8 Å². The summed E-state index contributed by atoms with van der Waals surface area (Å²) in [4.78, 5) is 42.8. The third-order valence-electron chi connectivity index (χ3n) is 9.46. The Hall–Kier alpha value is -2.03. The lowest BCUT2D eigenvalue weighted by atomic mass is 9.99. The fraction of sp³-hybridized carbons (Fsp3) is 0.773. The minimum absolute atomic E-state index is 0.174. The van der Waals surface area contributed by atoms with Gasteiger partial charge in [0.05, 0.1) is 12.7 Å². The highest BCUT2D eigenvalue weighted by atomic mass is 31.2. The quantitative estimate of drug-likeness (QED) is 0.0242. The average Bonchev–Trinajstić information content (AvgIpc) is 3.14. The molecule has 9 nitrogen and oxygen atoms in total. The molecule has 314 valence electrons. The van der Waals surface area contributed by atoms with Crippen LogP contribution in [0.15, 0.2) is 48.6 Å². The van der Waals surface area contributed by atoms with Crippen LogP contribution in [0, 0.1) is 5.92 Å². The summed E-state index contributed by atoms with van der Waals surface area (Å²) in [7, 11) is -4.78. The SMILES string of the molecule is CCCC[C@H](O)/C=C\C/C=C\C/C=C\C/C=C\CCCC(=O)OC[C@H](COP(=O)(O)O)OC(=O)CCCCCCCCCCCCCCCCC(C)CC. The van der Waals surface area contributed by atoms with Crippen molar-refractivity contribution in [2.45, 2.75) is 200 Å². The summed E-state index contributed by atoms with van der Waals surface area (Å²) in [5, 5.41) is 9.79. The van der Waals surface area contributed by atoms with Gasteiger partial charge in [0, 0.05) is 12.8 Å². The number of unbranched alkanes of at least 4 members (excludes halogenated alkanes) is 15. The molecule has 0 aliphatic heterocycles. The predicted molar refractivity (Wildman–Crippen MR) is 222 cm³/mol. The number of allylic oxidation sites excluding steroid dienone is 7.